The largest absolute Gasteiger partial charge is 0.389 e. The maximum Gasteiger partial charge on any atom is 0.135 e. The first-order valence-electron chi connectivity index (χ1n) is 7.06. The number of hydrogen-bond donors (Lipinski definition) is 1. The molecule has 0 bridgehead atoms. The summed E-state index contributed by atoms with van der Waals surface area (Å²) in [7, 11) is 0. The number of nitrogens with zero attached hydrogens (tertiary/aromatic N) is 1. The molecule has 0 spiro atoms. The third kappa shape index (κ3) is 2.90. The Bertz CT molecular complexity index is 657. The summed E-state index contributed by atoms with van der Waals surface area (Å²) in [5.41, 5.74) is 9.48. The van der Waals surface area contributed by atoms with Crippen LogP contribution in [-0.4, -0.2) is 18.1 Å². The van der Waals surface area contributed by atoms with E-state index in [-0.39, 0.29) is 10.8 Å². The highest BCUT2D eigenvalue weighted by Gasteiger charge is 2.15. The second kappa shape index (κ2) is 5.82. The zero-order valence-corrected chi connectivity index (χ0v) is 12.5. The van der Waals surface area contributed by atoms with Crippen LogP contribution in [0.3, 0.4) is 0 Å². The highest BCUT2D eigenvalue weighted by molar-refractivity contribution is 7.80. The quantitative estimate of drug-likeness (QED) is 0.864. The van der Waals surface area contributed by atoms with Crippen LogP contribution in [-0.2, 0) is 12.8 Å². The molecule has 0 unspecified atom stereocenters. The first-order chi connectivity index (χ1) is 10.1. The molecule has 2 aromatic rings. The molecular weight excluding hydrogens is 283 g/mol. The second-order valence-electron chi connectivity index (χ2n) is 5.28. The third-order valence-corrected chi connectivity index (χ3v) is 4.22. The number of hydrogen-bond acceptors (Lipinski definition) is 2. The Morgan fingerprint density at radius 3 is 2.19 bits per heavy atom. The van der Waals surface area contributed by atoms with E-state index < -0.39 is 0 Å². The van der Waals surface area contributed by atoms with Crippen molar-refractivity contribution in [3.63, 3.8) is 0 Å². The minimum absolute atomic E-state index is 0.0994. The number of benzene rings is 2. The summed E-state index contributed by atoms with van der Waals surface area (Å²) in [6, 6.07) is 13.6. The molecule has 1 aliphatic rings. The van der Waals surface area contributed by atoms with E-state index >= 15 is 0 Å². The predicted molar refractivity (Wildman–Crippen MR) is 88.4 cm³/mol. The lowest BCUT2D eigenvalue weighted by molar-refractivity contribution is 0.624. The van der Waals surface area contributed by atoms with Crippen LogP contribution in [0.15, 0.2) is 42.5 Å². The van der Waals surface area contributed by atoms with Crippen LogP contribution >= 0.6 is 12.2 Å². The summed E-state index contributed by atoms with van der Waals surface area (Å²) < 4.78 is 14.0. The molecule has 21 heavy (non-hydrogen) atoms. The molecular formula is C17H17FN2S. The summed E-state index contributed by atoms with van der Waals surface area (Å²) in [6.45, 7) is 1.78. The van der Waals surface area contributed by atoms with Crippen LogP contribution in [0.2, 0.25) is 0 Å². The molecule has 0 aliphatic carbocycles. The maximum atomic E-state index is 14.0. The Morgan fingerprint density at radius 2 is 1.67 bits per heavy atom. The van der Waals surface area contributed by atoms with Gasteiger partial charge >= 0.3 is 0 Å². The van der Waals surface area contributed by atoms with Crippen molar-refractivity contribution in [2.45, 2.75) is 12.8 Å². The van der Waals surface area contributed by atoms with Gasteiger partial charge in [-0.1, -0.05) is 36.5 Å². The van der Waals surface area contributed by atoms with Crippen molar-refractivity contribution in [1.29, 1.82) is 0 Å². The van der Waals surface area contributed by atoms with E-state index in [0.29, 0.717) is 5.56 Å². The van der Waals surface area contributed by atoms with Crippen molar-refractivity contribution in [3.8, 4) is 0 Å². The standard InChI is InChI=1S/C17H17FN2S/c18-16-11-14(5-6-15(16)17(19)21)20-9-7-12-3-1-2-4-13(12)8-10-20/h1-6,11H,7-10H2,(H2,19,21). The van der Waals surface area contributed by atoms with Crippen LogP contribution < -0.4 is 10.6 Å². The maximum absolute atomic E-state index is 14.0. The van der Waals surface area contributed by atoms with Gasteiger partial charge in [0.25, 0.3) is 0 Å². The zero-order valence-electron chi connectivity index (χ0n) is 11.7. The fraction of sp³-hybridized carbons (Fsp3) is 0.235. The second-order valence-corrected chi connectivity index (χ2v) is 5.72. The summed E-state index contributed by atoms with van der Waals surface area (Å²) in [5.74, 6) is -0.346. The minimum Gasteiger partial charge on any atom is -0.389 e. The van der Waals surface area contributed by atoms with Gasteiger partial charge in [0.15, 0.2) is 0 Å². The van der Waals surface area contributed by atoms with Crippen molar-refractivity contribution in [1.82, 2.24) is 0 Å². The summed E-state index contributed by atoms with van der Waals surface area (Å²) in [6.07, 6.45) is 1.96. The molecule has 2 N–H and O–H groups in total. The van der Waals surface area contributed by atoms with Crippen molar-refractivity contribution in [2.75, 3.05) is 18.0 Å². The number of halogens is 1. The molecule has 2 aromatic carbocycles. The number of rotatable bonds is 2. The normalized spacial score (nSPS) is 14.4. The van der Waals surface area contributed by atoms with Gasteiger partial charge in [0.2, 0.25) is 0 Å². The first-order valence-corrected chi connectivity index (χ1v) is 7.47. The van der Waals surface area contributed by atoms with E-state index in [1.165, 1.54) is 17.2 Å². The van der Waals surface area contributed by atoms with E-state index in [9.17, 15) is 4.39 Å². The van der Waals surface area contributed by atoms with Gasteiger partial charge < -0.3 is 10.6 Å². The lowest BCUT2D eigenvalue weighted by Gasteiger charge is -2.23. The highest BCUT2D eigenvalue weighted by Crippen LogP contribution is 2.23. The Kier molecular flexibility index (Phi) is 3.88. The zero-order chi connectivity index (χ0) is 14.8. The molecule has 108 valence electrons. The summed E-state index contributed by atoms with van der Waals surface area (Å²) >= 11 is 4.84. The Labute approximate surface area is 129 Å². The van der Waals surface area contributed by atoms with Gasteiger partial charge in [0.1, 0.15) is 10.8 Å². The van der Waals surface area contributed by atoms with Crippen molar-refractivity contribution in [2.24, 2.45) is 5.73 Å². The molecule has 1 heterocycles. The Balaban J connectivity index is 1.83. The molecule has 0 radical (unpaired) electrons. The summed E-state index contributed by atoms with van der Waals surface area (Å²) in [5, 5.41) is 0. The van der Waals surface area contributed by atoms with Crippen molar-refractivity contribution < 1.29 is 4.39 Å². The first kappa shape index (κ1) is 14.0. The van der Waals surface area contributed by atoms with E-state index in [1.54, 1.807) is 6.07 Å². The van der Waals surface area contributed by atoms with Gasteiger partial charge in [0.05, 0.1) is 0 Å². The number of nitrogens with two attached hydrogens (primary N) is 1. The molecule has 4 heteroatoms. The van der Waals surface area contributed by atoms with Gasteiger partial charge in [0, 0.05) is 24.3 Å². The van der Waals surface area contributed by atoms with Crippen LogP contribution in [0, 0.1) is 5.82 Å². The number of thiocarbonyl (C=S) groups is 1. The van der Waals surface area contributed by atoms with E-state index in [1.807, 2.05) is 6.07 Å². The van der Waals surface area contributed by atoms with Crippen LogP contribution in [0.1, 0.15) is 16.7 Å². The molecule has 3 rings (SSSR count). The molecule has 1 aliphatic heterocycles. The smallest absolute Gasteiger partial charge is 0.135 e. The molecule has 0 atom stereocenters. The van der Waals surface area contributed by atoms with Gasteiger partial charge in [-0.25, -0.2) is 4.39 Å². The molecule has 0 fully saturated rings. The van der Waals surface area contributed by atoms with Crippen LogP contribution in [0.5, 0.6) is 0 Å². The predicted octanol–water partition coefficient (Wildman–Crippen LogP) is 3.07. The fourth-order valence-electron chi connectivity index (χ4n) is 2.83. The SMILES string of the molecule is NC(=S)c1ccc(N2CCc3ccccc3CC2)cc1F. The van der Waals surface area contributed by atoms with Gasteiger partial charge in [-0.2, -0.15) is 0 Å². The van der Waals surface area contributed by atoms with Crippen molar-refractivity contribution in [3.05, 3.63) is 65.0 Å². The average Bonchev–Trinajstić information content (AvgIpc) is 2.69. The van der Waals surface area contributed by atoms with Gasteiger partial charge in [-0.3, -0.25) is 0 Å². The Morgan fingerprint density at radius 1 is 1.05 bits per heavy atom. The molecule has 0 saturated heterocycles. The minimum atomic E-state index is -0.346. The van der Waals surface area contributed by atoms with Crippen molar-refractivity contribution >= 4 is 22.9 Å². The lowest BCUT2D eigenvalue weighted by Crippen LogP contribution is -2.26. The average molecular weight is 300 g/mol. The molecule has 0 saturated carbocycles. The van der Waals surface area contributed by atoms with E-state index in [4.69, 9.17) is 18.0 Å². The lowest BCUT2D eigenvalue weighted by atomic mass is 10.0. The number of fused-ring (bicyclic) bond motifs is 1. The molecule has 2 nitrogen and oxygen atoms in total. The van der Waals surface area contributed by atoms with Gasteiger partial charge in [-0.05, 0) is 42.2 Å². The summed E-state index contributed by atoms with van der Waals surface area (Å²) in [4.78, 5) is 2.31. The number of anilines is 1. The molecule has 0 aromatic heterocycles. The van der Waals surface area contributed by atoms with E-state index in [0.717, 1.165) is 31.6 Å². The molecule has 0 amide bonds. The fourth-order valence-corrected chi connectivity index (χ4v) is 2.99. The topological polar surface area (TPSA) is 29.3 Å². The van der Waals surface area contributed by atoms with E-state index in [2.05, 4.69) is 29.2 Å². The van der Waals surface area contributed by atoms with Crippen LogP contribution in [0.4, 0.5) is 10.1 Å². The monoisotopic (exact) mass is 300 g/mol. The third-order valence-electron chi connectivity index (χ3n) is 4.00. The van der Waals surface area contributed by atoms with Gasteiger partial charge in [-0.15, -0.1) is 0 Å². The Hall–Kier alpha value is -1.94. The highest BCUT2D eigenvalue weighted by atomic mass is 32.1. The van der Waals surface area contributed by atoms with Crippen LogP contribution in [0.25, 0.3) is 0 Å².